The molecule has 0 amide bonds. The lowest BCUT2D eigenvalue weighted by Gasteiger charge is -2.36. The number of aromatic nitrogens is 2. The maximum atomic E-state index is 5.63. The van der Waals surface area contributed by atoms with Gasteiger partial charge in [-0.05, 0) is 41.9 Å². The van der Waals surface area contributed by atoms with Crippen LogP contribution in [0.4, 0.5) is 11.5 Å². The quantitative estimate of drug-likeness (QED) is 0.570. The van der Waals surface area contributed by atoms with E-state index >= 15 is 0 Å². The van der Waals surface area contributed by atoms with E-state index in [-0.39, 0.29) is 24.8 Å². The number of halogens is 2. The van der Waals surface area contributed by atoms with Gasteiger partial charge in [0.05, 0.1) is 11.6 Å². The molecule has 0 spiro atoms. The molecule has 2 aliphatic heterocycles. The second-order valence-corrected chi connectivity index (χ2v) is 7.52. The number of anilines is 2. The molecule has 2 aromatic heterocycles. The second-order valence-electron chi connectivity index (χ2n) is 7.14. The van der Waals surface area contributed by atoms with Crippen molar-refractivity contribution in [2.45, 2.75) is 13.0 Å². The molecule has 4 heterocycles. The van der Waals surface area contributed by atoms with Crippen molar-refractivity contribution in [3.63, 3.8) is 0 Å². The largest absolute Gasteiger partial charge is 0.446 e. The van der Waals surface area contributed by atoms with Gasteiger partial charge in [-0.1, -0.05) is 12.1 Å². The van der Waals surface area contributed by atoms with Crippen molar-refractivity contribution < 1.29 is 4.42 Å². The lowest BCUT2D eigenvalue weighted by atomic mass is 10.1. The molecule has 0 saturated carbocycles. The Morgan fingerprint density at radius 1 is 1.13 bits per heavy atom. The van der Waals surface area contributed by atoms with Crippen molar-refractivity contribution in [2.24, 2.45) is 0 Å². The number of nitrogens with zero attached hydrogens (tertiary/aromatic N) is 4. The van der Waals surface area contributed by atoms with E-state index in [1.54, 1.807) is 12.6 Å². The molecule has 1 saturated heterocycles. The lowest BCUT2D eigenvalue weighted by Crippen LogP contribution is -2.51. The van der Waals surface area contributed by atoms with Gasteiger partial charge in [0.25, 0.3) is 0 Å². The van der Waals surface area contributed by atoms with Crippen LogP contribution in [-0.4, -0.2) is 52.7 Å². The van der Waals surface area contributed by atoms with E-state index in [9.17, 15) is 0 Å². The fourth-order valence-electron chi connectivity index (χ4n) is 3.91. The first-order valence-corrected chi connectivity index (χ1v) is 10.0. The first kappa shape index (κ1) is 22.4. The summed E-state index contributed by atoms with van der Waals surface area (Å²) in [5, 5.41) is 8.59. The average Bonchev–Trinajstić information content (AvgIpc) is 3.40. The molecule has 5 rings (SSSR count). The Labute approximate surface area is 193 Å². The van der Waals surface area contributed by atoms with Crippen LogP contribution >= 0.6 is 37.0 Å². The molecule has 1 fully saturated rings. The van der Waals surface area contributed by atoms with Crippen molar-refractivity contribution >= 4 is 64.7 Å². The Morgan fingerprint density at radius 2 is 1.97 bits per heavy atom. The number of piperazine rings is 1. The molecule has 30 heavy (non-hydrogen) atoms. The molecule has 0 radical (unpaired) electrons. The van der Waals surface area contributed by atoms with Crippen LogP contribution in [0.25, 0.3) is 11.1 Å². The van der Waals surface area contributed by atoms with E-state index in [0.29, 0.717) is 5.71 Å². The standard InChI is InChI=1S/C20H22N6OS.2ClH/c28-20(22-12-14-1-2-17-15(11-14)3-5-21-17)26-8-6-25(7-9-26)18-16-4-10-27-19(16)24-13-23-18;;/h1-2,4,10-11,13,21H,3,5-9,12H2,(H,22,28);2*1H. The number of nitrogens with one attached hydrogen (secondary N) is 2. The van der Waals surface area contributed by atoms with Crippen LogP contribution in [0.15, 0.2) is 41.3 Å². The number of rotatable bonds is 3. The smallest absolute Gasteiger partial charge is 0.231 e. The van der Waals surface area contributed by atoms with E-state index in [2.05, 4.69) is 48.6 Å². The summed E-state index contributed by atoms with van der Waals surface area (Å²) < 4.78 is 5.39. The summed E-state index contributed by atoms with van der Waals surface area (Å²) in [7, 11) is 0. The summed E-state index contributed by atoms with van der Waals surface area (Å²) in [6.45, 7) is 5.25. The van der Waals surface area contributed by atoms with Gasteiger partial charge >= 0.3 is 0 Å². The highest BCUT2D eigenvalue weighted by molar-refractivity contribution is 7.80. The highest BCUT2D eigenvalue weighted by Gasteiger charge is 2.22. The predicted octanol–water partition coefficient (Wildman–Crippen LogP) is 3.23. The van der Waals surface area contributed by atoms with Gasteiger partial charge < -0.3 is 24.9 Å². The normalized spacial score (nSPS) is 15.1. The van der Waals surface area contributed by atoms with Gasteiger partial charge in [-0.2, -0.15) is 0 Å². The number of benzene rings is 1. The van der Waals surface area contributed by atoms with Gasteiger partial charge in [-0.25, -0.2) is 9.97 Å². The molecule has 7 nitrogen and oxygen atoms in total. The van der Waals surface area contributed by atoms with Crippen LogP contribution in [0.5, 0.6) is 0 Å². The average molecular weight is 467 g/mol. The molecule has 3 aromatic rings. The predicted molar refractivity (Wildman–Crippen MR) is 128 cm³/mol. The zero-order valence-corrected chi connectivity index (χ0v) is 18.8. The van der Waals surface area contributed by atoms with Crippen LogP contribution in [-0.2, 0) is 13.0 Å². The van der Waals surface area contributed by atoms with E-state index in [1.165, 1.54) is 16.8 Å². The first-order chi connectivity index (χ1) is 13.8. The monoisotopic (exact) mass is 466 g/mol. The number of hydrogen-bond donors (Lipinski definition) is 2. The van der Waals surface area contributed by atoms with Gasteiger partial charge in [-0.3, -0.25) is 0 Å². The van der Waals surface area contributed by atoms with Gasteiger partial charge in [0.2, 0.25) is 5.71 Å². The molecule has 0 unspecified atom stereocenters. The molecule has 0 bridgehead atoms. The summed E-state index contributed by atoms with van der Waals surface area (Å²) in [6.07, 6.45) is 4.32. The van der Waals surface area contributed by atoms with Gasteiger partial charge in [0.15, 0.2) is 5.11 Å². The van der Waals surface area contributed by atoms with Crippen LogP contribution in [0.3, 0.4) is 0 Å². The third-order valence-electron chi connectivity index (χ3n) is 5.43. The Balaban J connectivity index is 0.00000128. The van der Waals surface area contributed by atoms with Gasteiger partial charge in [0, 0.05) is 45.0 Å². The van der Waals surface area contributed by atoms with Crippen molar-refractivity contribution in [2.75, 3.05) is 42.9 Å². The maximum absolute atomic E-state index is 5.63. The number of fused-ring (bicyclic) bond motifs is 2. The zero-order chi connectivity index (χ0) is 18.9. The minimum atomic E-state index is 0. The van der Waals surface area contributed by atoms with Crippen molar-refractivity contribution in [3.05, 3.63) is 48.0 Å². The summed E-state index contributed by atoms with van der Waals surface area (Å²) >= 11 is 5.63. The van der Waals surface area contributed by atoms with Crippen LogP contribution < -0.4 is 15.5 Å². The fraction of sp³-hybridized carbons (Fsp3) is 0.350. The molecule has 0 aliphatic carbocycles. The van der Waals surface area contributed by atoms with Gasteiger partial charge in [-0.15, -0.1) is 24.8 Å². The topological polar surface area (TPSA) is 69.5 Å². The molecule has 0 atom stereocenters. The SMILES string of the molecule is Cl.Cl.S=C(NCc1ccc2c(c1)CCN2)N1CCN(c2ncnc3occc23)CC1. The molecule has 1 aromatic carbocycles. The molecular weight excluding hydrogens is 443 g/mol. The molecule has 2 N–H and O–H groups in total. The third kappa shape index (κ3) is 4.40. The van der Waals surface area contributed by atoms with Crippen LogP contribution in [0.1, 0.15) is 11.1 Å². The summed E-state index contributed by atoms with van der Waals surface area (Å²) in [5.74, 6) is 0.934. The van der Waals surface area contributed by atoms with Crippen molar-refractivity contribution in [1.82, 2.24) is 20.2 Å². The number of furan rings is 1. The molecule has 2 aliphatic rings. The molecular formula is C20H24Cl2N6OS. The second kappa shape index (κ2) is 9.68. The van der Waals surface area contributed by atoms with E-state index in [1.807, 2.05) is 6.07 Å². The lowest BCUT2D eigenvalue weighted by molar-refractivity contribution is 0.379. The van der Waals surface area contributed by atoms with Crippen molar-refractivity contribution in [3.8, 4) is 0 Å². The minimum Gasteiger partial charge on any atom is -0.446 e. The Hall–Kier alpha value is -2.29. The Bertz CT molecular complexity index is 1020. The van der Waals surface area contributed by atoms with E-state index in [0.717, 1.165) is 62.0 Å². The minimum absolute atomic E-state index is 0. The maximum Gasteiger partial charge on any atom is 0.231 e. The zero-order valence-electron chi connectivity index (χ0n) is 16.3. The fourth-order valence-corrected chi connectivity index (χ4v) is 4.16. The highest BCUT2D eigenvalue weighted by atomic mass is 35.5. The first-order valence-electron chi connectivity index (χ1n) is 9.59. The molecule has 10 heteroatoms. The number of hydrogen-bond acceptors (Lipinski definition) is 6. The summed E-state index contributed by atoms with van der Waals surface area (Å²) in [6, 6.07) is 8.53. The Morgan fingerprint density at radius 3 is 2.80 bits per heavy atom. The highest BCUT2D eigenvalue weighted by Crippen LogP contribution is 2.25. The van der Waals surface area contributed by atoms with Crippen LogP contribution in [0.2, 0.25) is 0 Å². The third-order valence-corrected chi connectivity index (χ3v) is 5.83. The summed E-state index contributed by atoms with van der Waals surface area (Å²) in [4.78, 5) is 13.1. The number of thiocarbonyl (C=S) groups is 1. The Kier molecular flexibility index (Phi) is 7.23. The molecule has 160 valence electrons. The van der Waals surface area contributed by atoms with Crippen molar-refractivity contribution in [1.29, 1.82) is 0 Å². The van der Waals surface area contributed by atoms with Crippen LogP contribution in [0, 0.1) is 0 Å². The van der Waals surface area contributed by atoms with Gasteiger partial charge in [0.1, 0.15) is 12.1 Å². The van der Waals surface area contributed by atoms with E-state index in [4.69, 9.17) is 16.6 Å². The summed E-state index contributed by atoms with van der Waals surface area (Å²) in [5.41, 5.74) is 4.56. The van der Waals surface area contributed by atoms with E-state index < -0.39 is 0 Å².